The van der Waals surface area contributed by atoms with E-state index in [0.717, 1.165) is 10.2 Å². The molecule has 2 rings (SSSR count). The van der Waals surface area contributed by atoms with E-state index in [2.05, 4.69) is 46.9 Å². The Morgan fingerprint density at radius 2 is 2.35 bits per heavy atom. The van der Waals surface area contributed by atoms with Gasteiger partial charge in [0.25, 0.3) is 0 Å². The van der Waals surface area contributed by atoms with Crippen LogP contribution in [0.4, 0.5) is 5.82 Å². The zero-order valence-electron chi connectivity index (χ0n) is 11.3. The van der Waals surface area contributed by atoms with Crippen LogP contribution in [-0.2, 0) is 4.79 Å². The number of carbonyl (C=O) groups excluding carboxylic acids is 1. The molecule has 1 atom stereocenters. The third-order valence-electron chi connectivity index (χ3n) is 2.92. The number of halogens is 1. The van der Waals surface area contributed by atoms with Crippen molar-refractivity contribution < 1.29 is 9.21 Å². The Labute approximate surface area is 131 Å². The highest BCUT2D eigenvalue weighted by Crippen LogP contribution is 2.16. The number of hydrogen-bond donors (Lipinski definition) is 1. The molecular weight excluding hydrogens is 369 g/mol. The molecule has 106 valence electrons. The molecule has 2 aromatic heterocycles. The second-order valence-corrected chi connectivity index (χ2v) is 5.45. The molecule has 2 heterocycles. The van der Waals surface area contributed by atoms with Crippen molar-refractivity contribution in [3.8, 4) is 0 Å². The van der Waals surface area contributed by atoms with E-state index >= 15 is 0 Å². The van der Waals surface area contributed by atoms with Gasteiger partial charge in [-0.15, -0.1) is 0 Å². The Bertz CT molecular complexity index is 615. The fourth-order valence-electron chi connectivity index (χ4n) is 1.68. The smallest absolute Gasteiger partial charge is 0.249 e. The van der Waals surface area contributed by atoms with Gasteiger partial charge in [-0.2, -0.15) is 5.10 Å². The Morgan fingerprint density at radius 3 is 3.00 bits per heavy atom. The van der Waals surface area contributed by atoms with Gasteiger partial charge in [0, 0.05) is 12.1 Å². The summed E-state index contributed by atoms with van der Waals surface area (Å²) in [5.74, 6) is 1.14. The highest BCUT2D eigenvalue weighted by atomic mass is 127. The lowest BCUT2D eigenvalue weighted by molar-refractivity contribution is -0.111. The van der Waals surface area contributed by atoms with Gasteiger partial charge in [-0.25, -0.2) is 4.68 Å². The Hall–Kier alpha value is -1.57. The molecule has 0 spiro atoms. The van der Waals surface area contributed by atoms with Crippen molar-refractivity contribution in [3.05, 3.63) is 40.0 Å². The maximum absolute atomic E-state index is 11.9. The monoisotopic (exact) mass is 385 g/mol. The van der Waals surface area contributed by atoms with Gasteiger partial charge in [-0.1, -0.05) is 6.92 Å². The molecule has 0 aliphatic heterocycles. The molecule has 0 radical (unpaired) electrons. The lowest BCUT2D eigenvalue weighted by Crippen LogP contribution is -2.15. The predicted octanol–water partition coefficient (Wildman–Crippen LogP) is 3.70. The fourth-order valence-corrected chi connectivity index (χ4v) is 2.12. The first kappa shape index (κ1) is 14.8. The average molecular weight is 385 g/mol. The second-order valence-electron chi connectivity index (χ2n) is 4.38. The quantitative estimate of drug-likeness (QED) is 0.631. The van der Waals surface area contributed by atoms with E-state index in [9.17, 15) is 4.79 Å². The minimum atomic E-state index is -0.207. The SMILES string of the molecule is CCC(C)n1nccc1NC(=O)/C=C/c1ccc(I)o1. The fraction of sp³-hybridized carbons (Fsp3) is 0.286. The number of nitrogens with zero attached hydrogens (tertiary/aromatic N) is 2. The van der Waals surface area contributed by atoms with Gasteiger partial charge in [0.1, 0.15) is 11.6 Å². The maximum Gasteiger partial charge on any atom is 0.249 e. The molecule has 1 N–H and O–H groups in total. The average Bonchev–Trinajstić information content (AvgIpc) is 3.04. The van der Waals surface area contributed by atoms with Crippen LogP contribution >= 0.6 is 22.6 Å². The predicted molar refractivity (Wildman–Crippen MR) is 86.3 cm³/mol. The van der Waals surface area contributed by atoms with Gasteiger partial charge < -0.3 is 9.73 Å². The topological polar surface area (TPSA) is 60.1 Å². The number of hydrogen-bond acceptors (Lipinski definition) is 3. The summed E-state index contributed by atoms with van der Waals surface area (Å²) in [5.41, 5.74) is 0. The van der Waals surface area contributed by atoms with Crippen molar-refractivity contribution in [2.24, 2.45) is 0 Å². The summed E-state index contributed by atoms with van der Waals surface area (Å²) in [7, 11) is 0. The molecule has 2 aromatic rings. The number of carbonyl (C=O) groups is 1. The number of furan rings is 1. The molecule has 6 heteroatoms. The van der Waals surface area contributed by atoms with Crippen molar-refractivity contribution in [2.45, 2.75) is 26.3 Å². The summed E-state index contributed by atoms with van der Waals surface area (Å²) in [6.45, 7) is 4.14. The van der Waals surface area contributed by atoms with E-state index in [-0.39, 0.29) is 11.9 Å². The Balaban J connectivity index is 2.01. The van der Waals surface area contributed by atoms with Gasteiger partial charge >= 0.3 is 0 Å². The molecule has 0 aliphatic carbocycles. The molecule has 1 unspecified atom stereocenters. The van der Waals surface area contributed by atoms with Crippen LogP contribution in [0.3, 0.4) is 0 Å². The number of aromatic nitrogens is 2. The van der Waals surface area contributed by atoms with Gasteiger partial charge in [0.2, 0.25) is 5.91 Å². The van der Waals surface area contributed by atoms with Crippen LogP contribution in [0.15, 0.2) is 34.9 Å². The summed E-state index contributed by atoms with van der Waals surface area (Å²) in [6, 6.07) is 5.69. The second kappa shape index (κ2) is 6.74. The highest BCUT2D eigenvalue weighted by Gasteiger charge is 2.09. The van der Waals surface area contributed by atoms with Gasteiger partial charge in [0.15, 0.2) is 3.77 Å². The van der Waals surface area contributed by atoms with E-state index in [1.165, 1.54) is 6.08 Å². The van der Waals surface area contributed by atoms with E-state index < -0.39 is 0 Å². The van der Waals surface area contributed by atoms with Crippen LogP contribution in [0.25, 0.3) is 6.08 Å². The summed E-state index contributed by atoms with van der Waals surface area (Å²) in [4.78, 5) is 11.9. The Morgan fingerprint density at radius 1 is 1.55 bits per heavy atom. The van der Waals surface area contributed by atoms with Crippen molar-refractivity contribution in [1.29, 1.82) is 0 Å². The lowest BCUT2D eigenvalue weighted by atomic mass is 10.3. The first-order chi connectivity index (χ1) is 9.60. The number of nitrogens with one attached hydrogen (secondary N) is 1. The van der Waals surface area contributed by atoms with E-state index in [4.69, 9.17) is 4.42 Å². The van der Waals surface area contributed by atoms with Gasteiger partial charge in [-0.3, -0.25) is 4.79 Å². The molecular formula is C14H16IN3O2. The zero-order valence-corrected chi connectivity index (χ0v) is 13.5. The molecule has 0 aromatic carbocycles. The van der Waals surface area contributed by atoms with Crippen LogP contribution in [0.5, 0.6) is 0 Å². The van der Waals surface area contributed by atoms with E-state index in [1.807, 2.05) is 16.8 Å². The van der Waals surface area contributed by atoms with Crippen LogP contribution in [0.1, 0.15) is 32.1 Å². The van der Waals surface area contributed by atoms with Gasteiger partial charge in [0.05, 0.1) is 12.2 Å². The first-order valence-electron chi connectivity index (χ1n) is 6.38. The Kier molecular flexibility index (Phi) is 4.99. The van der Waals surface area contributed by atoms with Crippen LogP contribution in [0, 0.1) is 3.77 Å². The molecule has 0 saturated carbocycles. The minimum absolute atomic E-state index is 0.207. The minimum Gasteiger partial charge on any atom is -0.451 e. The van der Waals surface area contributed by atoms with Crippen molar-refractivity contribution in [1.82, 2.24) is 9.78 Å². The number of anilines is 1. The largest absolute Gasteiger partial charge is 0.451 e. The van der Waals surface area contributed by atoms with Gasteiger partial charge in [-0.05, 0) is 54.1 Å². The number of amides is 1. The molecule has 0 aliphatic rings. The molecule has 1 amide bonds. The molecule has 0 saturated heterocycles. The zero-order chi connectivity index (χ0) is 14.5. The lowest BCUT2D eigenvalue weighted by Gasteiger charge is -2.13. The molecule has 0 bridgehead atoms. The van der Waals surface area contributed by atoms with Crippen molar-refractivity contribution in [2.75, 3.05) is 5.32 Å². The van der Waals surface area contributed by atoms with Crippen molar-refractivity contribution in [3.63, 3.8) is 0 Å². The third kappa shape index (κ3) is 3.72. The van der Waals surface area contributed by atoms with Crippen LogP contribution in [0.2, 0.25) is 0 Å². The summed E-state index contributed by atoms with van der Waals surface area (Å²) < 4.78 is 7.95. The molecule has 0 fully saturated rings. The van der Waals surface area contributed by atoms with Crippen LogP contribution in [-0.4, -0.2) is 15.7 Å². The third-order valence-corrected chi connectivity index (χ3v) is 3.50. The summed E-state index contributed by atoms with van der Waals surface area (Å²) in [5, 5.41) is 7.03. The van der Waals surface area contributed by atoms with E-state index in [0.29, 0.717) is 11.6 Å². The normalized spacial score (nSPS) is 12.8. The number of rotatable bonds is 5. The highest BCUT2D eigenvalue weighted by molar-refractivity contribution is 14.1. The molecule has 5 nitrogen and oxygen atoms in total. The van der Waals surface area contributed by atoms with Crippen LogP contribution < -0.4 is 5.32 Å². The summed E-state index contributed by atoms with van der Waals surface area (Å²) in [6.07, 6.45) is 5.72. The summed E-state index contributed by atoms with van der Waals surface area (Å²) >= 11 is 2.08. The van der Waals surface area contributed by atoms with E-state index in [1.54, 1.807) is 18.3 Å². The molecule has 20 heavy (non-hydrogen) atoms. The standard InChI is InChI=1S/C14H16IN3O2/c1-3-10(2)18-13(8-9-16-18)17-14(19)7-5-11-4-6-12(15)20-11/h4-10H,3H2,1-2H3,(H,17,19)/b7-5+. The van der Waals surface area contributed by atoms with Crippen molar-refractivity contribution >= 4 is 40.4 Å². The maximum atomic E-state index is 11.9. The first-order valence-corrected chi connectivity index (χ1v) is 7.46.